The molecular weight excluding hydrogens is 495 g/mol. The van der Waals surface area contributed by atoms with Crippen LogP contribution in [-0.4, -0.2) is 12.4 Å². The number of allylic oxidation sites excluding steroid dienone is 1. The number of hydrogen-bond donors (Lipinski definition) is 2. The van der Waals surface area contributed by atoms with Crippen LogP contribution in [0, 0.1) is 5.82 Å². The van der Waals surface area contributed by atoms with Crippen LogP contribution in [0.2, 0.25) is 0 Å². The molecule has 0 bridgehead atoms. The van der Waals surface area contributed by atoms with Crippen LogP contribution in [0.15, 0.2) is 82.5 Å². The fraction of sp³-hybridized carbons (Fsp3) is 0.250. The lowest BCUT2D eigenvalue weighted by atomic mass is 9.78. The number of benzene rings is 3. The Morgan fingerprint density at radius 3 is 2.56 bits per heavy atom. The van der Waals surface area contributed by atoms with Crippen LogP contribution in [-0.2, 0) is 4.79 Å². The number of para-hydroxylation sites is 2. The minimum absolute atomic E-state index is 0.0229. The maximum Gasteiger partial charge on any atom is 0.163 e. The largest absolute Gasteiger partial charge is 0.494 e. The molecule has 174 valence electrons. The van der Waals surface area contributed by atoms with Gasteiger partial charge in [-0.3, -0.25) is 4.79 Å². The third-order valence-corrected chi connectivity index (χ3v) is 6.90. The molecule has 0 aromatic heterocycles. The monoisotopic (exact) mass is 520 g/mol. The molecule has 2 N–H and O–H groups in total. The van der Waals surface area contributed by atoms with E-state index in [0.29, 0.717) is 30.6 Å². The highest BCUT2D eigenvalue weighted by Crippen LogP contribution is 2.45. The second kappa shape index (κ2) is 9.63. The third kappa shape index (κ3) is 4.47. The van der Waals surface area contributed by atoms with E-state index in [9.17, 15) is 9.18 Å². The van der Waals surface area contributed by atoms with E-state index in [4.69, 9.17) is 4.74 Å². The summed E-state index contributed by atoms with van der Waals surface area (Å²) in [5.74, 6) is 0.556. The second-order valence-electron chi connectivity index (χ2n) is 8.75. The number of ether oxygens (including phenoxy) is 1. The molecule has 5 rings (SSSR count). The first kappa shape index (κ1) is 22.7. The van der Waals surface area contributed by atoms with Gasteiger partial charge in [-0.2, -0.15) is 0 Å². The lowest BCUT2D eigenvalue weighted by Gasteiger charge is -2.30. The van der Waals surface area contributed by atoms with Crippen LogP contribution >= 0.6 is 15.9 Å². The zero-order chi connectivity index (χ0) is 23.7. The molecule has 1 aliphatic heterocycles. The molecule has 6 heteroatoms. The zero-order valence-corrected chi connectivity index (χ0v) is 20.5. The van der Waals surface area contributed by atoms with E-state index in [-0.39, 0.29) is 17.5 Å². The third-order valence-electron chi connectivity index (χ3n) is 6.40. The van der Waals surface area contributed by atoms with Gasteiger partial charge < -0.3 is 15.4 Å². The van der Waals surface area contributed by atoms with Gasteiger partial charge in [-0.25, -0.2) is 4.39 Å². The van der Waals surface area contributed by atoms with E-state index >= 15 is 0 Å². The van der Waals surface area contributed by atoms with Crippen molar-refractivity contribution in [1.82, 2.24) is 0 Å². The lowest BCUT2D eigenvalue weighted by molar-refractivity contribution is -0.116. The topological polar surface area (TPSA) is 50.4 Å². The minimum atomic E-state index is -0.582. The molecule has 2 atom stereocenters. The molecule has 1 heterocycles. The number of Topliss-reactive ketones (excluding diaryl/α,β-unsaturated/α-hetero) is 1. The standard InChI is InChI=1S/C28H26BrFN2O2/c1-2-13-34-20-10-7-17(8-11-20)18-14-25-27(26(33)15-18)28(21-16-19(29)9-12-22(21)30)32-24-6-4-3-5-23(24)31-25/h3-12,16,18,28,31-32H,2,13-15H2,1H3. The molecule has 3 aromatic rings. The van der Waals surface area contributed by atoms with Gasteiger partial charge in [-0.05, 0) is 66.8 Å². The summed E-state index contributed by atoms with van der Waals surface area (Å²) >= 11 is 3.46. The fourth-order valence-electron chi connectivity index (χ4n) is 4.75. The van der Waals surface area contributed by atoms with E-state index in [0.717, 1.165) is 39.3 Å². The number of carbonyl (C=O) groups excluding carboxylic acids is 1. The van der Waals surface area contributed by atoms with Crippen LogP contribution in [0.25, 0.3) is 0 Å². The molecule has 0 saturated heterocycles. The number of anilines is 2. The van der Waals surface area contributed by atoms with Crippen LogP contribution in [0.5, 0.6) is 5.75 Å². The number of carbonyl (C=O) groups is 1. The van der Waals surface area contributed by atoms with E-state index in [1.165, 1.54) is 6.07 Å². The van der Waals surface area contributed by atoms with Crippen molar-refractivity contribution >= 4 is 33.1 Å². The highest BCUT2D eigenvalue weighted by molar-refractivity contribution is 9.10. The van der Waals surface area contributed by atoms with Crippen LogP contribution in [0.3, 0.4) is 0 Å². The number of ketones is 1. The average molecular weight is 521 g/mol. The van der Waals surface area contributed by atoms with Gasteiger partial charge in [0.25, 0.3) is 0 Å². The summed E-state index contributed by atoms with van der Waals surface area (Å²) in [6.07, 6.45) is 1.99. The van der Waals surface area contributed by atoms with Gasteiger partial charge in [0.15, 0.2) is 5.78 Å². The second-order valence-corrected chi connectivity index (χ2v) is 9.67. The van der Waals surface area contributed by atoms with Gasteiger partial charge in [0.05, 0.1) is 24.0 Å². The Kier molecular flexibility index (Phi) is 6.42. The quantitative estimate of drug-likeness (QED) is 0.369. The zero-order valence-electron chi connectivity index (χ0n) is 18.9. The summed E-state index contributed by atoms with van der Waals surface area (Å²) in [6, 6.07) is 20.1. The van der Waals surface area contributed by atoms with Crippen molar-refractivity contribution in [3.8, 4) is 5.75 Å². The maximum atomic E-state index is 15.0. The molecule has 0 radical (unpaired) electrons. The molecule has 4 nitrogen and oxygen atoms in total. The van der Waals surface area contributed by atoms with Crippen molar-refractivity contribution in [1.29, 1.82) is 0 Å². The summed E-state index contributed by atoms with van der Waals surface area (Å²) < 4.78 is 21.5. The molecule has 34 heavy (non-hydrogen) atoms. The fourth-order valence-corrected chi connectivity index (χ4v) is 5.13. The molecule has 0 amide bonds. The Morgan fingerprint density at radius 1 is 1.03 bits per heavy atom. The van der Waals surface area contributed by atoms with Crippen molar-refractivity contribution in [3.63, 3.8) is 0 Å². The molecule has 0 fully saturated rings. The van der Waals surface area contributed by atoms with Gasteiger partial charge >= 0.3 is 0 Å². The summed E-state index contributed by atoms with van der Waals surface area (Å²) in [6.45, 7) is 2.76. The van der Waals surface area contributed by atoms with Crippen molar-refractivity contribution < 1.29 is 13.9 Å². The minimum Gasteiger partial charge on any atom is -0.494 e. The SMILES string of the molecule is CCCOc1ccc(C2CC(=O)C3=C(C2)Nc2ccccc2NC3c2cc(Br)ccc2F)cc1. The highest BCUT2D eigenvalue weighted by Gasteiger charge is 2.37. The maximum absolute atomic E-state index is 15.0. The van der Waals surface area contributed by atoms with Crippen molar-refractivity contribution in [2.45, 2.75) is 38.1 Å². The Bertz CT molecular complexity index is 1260. The number of halogens is 2. The summed E-state index contributed by atoms with van der Waals surface area (Å²) in [7, 11) is 0. The van der Waals surface area contributed by atoms with Gasteiger partial charge in [-0.15, -0.1) is 0 Å². The number of rotatable bonds is 5. The van der Waals surface area contributed by atoms with E-state index in [2.05, 4.69) is 33.5 Å². The number of hydrogen-bond acceptors (Lipinski definition) is 4. The summed E-state index contributed by atoms with van der Waals surface area (Å²) in [5.41, 5.74) is 4.71. The van der Waals surface area contributed by atoms with Crippen LogP contribution < -0.4 is 15.4 Å². The molecule has 2 unspecified atom stereocenters. The van der Waals surface area contributed by atoms with Gasteiger partial charge in [0, 0.05) is 27.7 Å². The lowest BCUT2D eigenvalue weighted by Crippen LogP contribution is -2.27. The van der Waals surface area contributed by atoms with Crippen LogP contribution in [0.1, 0.15) is 49.3 Å². The smallest absolute Gasteiger partial charge is 0.163 e. The summed E-state index contributed by atoms with van der Waals surface area (Å²) in [4.78, 5) is 13.6. The summed E-state index contributed by atoms with van der Waals surface area (Å²) in [5, 5.41) is 6.94. The van der Waals surface area contributed by atoms with Crippen molar-refractivity contribution in [3.05, 3.63) is 99.4 Å². The van der Waals surface area contributed by atoms with E-state index in [1.807, 2.05) is 48.5 Å². The Morgan fingerprint density at radius 2 is 1.79 bits per heavy atom. The number of nitrogens with one attached hydrogen (secondary N) is 2. The molecule has 0 saturated carbocycles. The van der Waals surface area contributed by atoms with Crippen LogP contribution in [0.4, 0.5) is 15.8 Å². The molecule has 2 aliphatic rings. The van der Waals surface area contributed by atoms with Crippen molar-refractivity contribution in [2.24, 2.45) is 0 Å². The van der Waals surface area contributed by atoms with E-state index in [1.54, 1.807) is 12.1 Å². The van der Waals surface area contributed by atoms with Gasteiger partial charge in [0.2, 0.25) is 0 Å². The Labute approximate surface area is 207 Å². The first-order valence-electron chi connectivity index (χ1n) is 11.6. The van der Waals surface area contributed by atoms with E-state index < -0.39 is 6.04 Å². The first-order valence-corrected chi connectivity index (χ1v) is 12.4. The van der Waals surface area contributed by atoms with Gasteiger partial charge in [0.1, 0.15) is 11.6 Å². The predicted octanol–water partition coefficient (Wildman–Crippen LogP) is 7.36. The Hall–Kier alpha value is -3.12. The number of fused-ring (bicyclic) bond motifs is 1. The molecular formula is C28H26BrFN2O2. The Balaban J connectivity index is 1.54. The molecule has 0 spiro atoms. The molecule has 3 aromatic carbocycles. The van der Waals surface area contributed by atoms with Gasteiger partial charge in [-0.1, -0.05) is 47.1 Å². The van der Waals surface area contributed by atoms with Crippen molar-refractivity contribution in [2.75, 3.05) is 17.2 Å². The molecule has 1 aliphatic carbocycles. The highest BCUT2D eigenvalue weighted by atomic mass is 79.9. The average Bonchev–Trinajstić information content (AvgIpc) is 3.01. The predicted molar refractivity (Wildman–Crippen MR) is 137 cm³/mol. The normalized spacial score (nSPS) is 19.4. The first-order chi connectivity index (χ1) is 16.5.